The van der Waals surface area contributed by atoms with E-state index in [9.17, 15) is 21.6 Å². The Morgan fingerprint density at radius 3 is 2.57 bits per heavy atom. The van der Waals surface area contributed by atoms with Gasteiger partial charge in [-0.1, -0.05) is 0 Å². The minimum atomic E-state index is -4.11. The molecule has 1 aliphatic rings. The molecule has 1 aromatic heterocycles. The minimum absolute atomic E-state index is 0.00281. The summed E-state index contributed by atoms with van der Waals surface area (Å²) in [5.74, 6) is -0.319. The SMILES string of the molecule is COc1ccc(N2C(=O)CCS2(=O)=O)cc1S(=O)(=O)NCC(c1ccco1)N(C)C. The average Bonchev–Trinajstić information content (AvgIpc) is 3.29. The first-order chi connectivity index (χ1) is 14.1. The molecule has 1 fully saturated rings. The van der Waals surface area contributed by atoms with Crippen molar-refractivity contribution in [3.05, 3.63) is 42.4 Å². The van der Waals surface area contributed by atoms with Crippen LogP contribution in [0.15, 0.2) is 45.9 Å². The lowest BCUT2D eigenvalue weighted by Crippen LogP contribution is -2.35. The standard InChI is InChI=1S/C18H23N3O7S2/c1-20(2)14(15-5-4-9-28-15)12-19-30(25,26)17-11-13(6-7-16(17)27-3)21-18(22)8-10-29(21,23)24/h4-7,9,11,14,19H,8,10,12H2,1-3H3. The van der Waals surface area contributed by atoms with Gasteiger partial charge in [-0.15, -0.1) is 0 Å². The number of sulfonamides is 2. The van der Waals surface area contributed by atoms with E-state index < -0.39 is 26.0 Å². The molecule has 2 aromatic rings. The van der Waals surface area contributed by atoms with Crippen molar-refractivity contribution in [2.75, 3.05) is 37.8 Å². The molecule has 12 heteroatoms. The summed E-state index contributed by atoms with van der Waals surface area (Å²) < 4.78 is 64.1. The predicted octanol–water partition coefficient (Wildman–Crippen LogP) is 0.936. The quantitative estimate of drug-likeness (QED) is 0.621. The van der Waals surface area contributed by atoms with Crippen molar-refractivity contribution in [2.45, 2.75) is 17.4 Å². The van der Waals surface area contributed by atoms with Crippen LogP contribution in [0.4, 0.5) is 5.69 Å². The first kappa shape index (κ1) is 22.3. The highest BCUT2D eigenvalue weighted by atomic mass is 32.2. The summed E-state index contributed by atoms with van der Waals surface area (Å²) in [6, 6.07) is 6.86. The number of hydrogen-bond acceptors (Lipinski definition) is 8. The number of nitrogens with zero attached hydrogens (tertiary/aromatic N) is 2. The van der Waals surface area contributed by atoms with Gasteiger partial charge in [0.1, 0.15) is 16.4 Å². The van der Waals surface area contributed by atoms with Crippen LogP contribution in [0.25, 0.3) is 0 Å². The van der Waals surface area contributed by atoms with Gasteiger partial charge >= 0.3 is 0 Å². The monoisotopic (exact) mass is 457 g/mol. The van der Waals surface area contributed by atoms with Crippen LogP contribution < -0.4 is 13.8 Å². The lowest BCUT2D eigenvalue weighted by atomic mass is 10.2. The average molecular weight is 458 g/mol. The van der Waals surface area contributed by atoms with Crippen molar-refractivity contribution in [1.82, 2.24) is 9.62 Å². The molecule has 1 amide bonds. The molecule has 10 nitrogen and oxygen atoms in total. The number of benzene rings is 1. The number of furan rings is 1. The van der Waals surface area contributed by atoms with Gasteiger partial charge < -0.3 is 9.15 Å². The second-order valence-electron chi connectivity index (χ2n) is 6.91. The third-order valence-electron chi connectivity index (χ3n) is 4.71. The van der Waals surface area contributed by atoms with Crippen molar-refractivity contribution in [1.29, 1.82) is 0 Å². The Morgan fingerprint density at radius 1 is 1.30 bits per heavy atom. The van der Waals surface area contributed by atoms with Crippen molar-refractivity contribution in [3.8, 4) is 5.75 Å². The first-order valence-electron chi connectivity index (χ1n) is 9.00. The molecule has 1 unspecified atom stereocenters. The molecule has 1 atom stereocenters. The number of hydrogen-bond donors (Lipinski definition) is 1. The van der Waals surface area contributed by atoms with Crippen LogP contribution in [0.2, 0.25) is 0 Å². The van der Waals surface area contributed by atoms with E-state index in [1.807, 2.05) is 0 Å². The maximum absolute atomic E-state index is 13.0. The summed E-state index contributed by atoms with van der Waals surface area (Å²) in [6.45, 7) is -0.00281. The summed E-state index contributed by atoms with van der Waals surface area (Å²) in [6.07, 6.45) is 1.35. The Balaban J connectivity index is 1.94. The lowest BCUT2D eigenvalue weighted by Gasteiger charge is -2.23. The molecule has 1 saturated heterocycles. The Hall–Kier alpha value is -2.41. The fraction of sp³-hybridized carbons (Fsp3) is 0.389. The van der Waals surface area contributed by atoms with Gasteiger partial charge in [-0.05, 0) is 44.4 Å². The van der Waals surface area contributed by atoms with Crippen LogP contribution in [0.5, 0.6) is 5.75 Å². The largest absolute Gasteiger partial charge is 0.495 e. The van der Waals surface area contributed by atoms with Crippen molar-refractivity contribution < 1.29 is 30.8 Å². The summed E-state index contributed by atoms with van der Waals surface area (Å²) in [5.41, 5.74) is -0.0473. The van der Waals surface area contributed by atoms with E-state index in [4.69, 9.17) is 9.15 Å². The molecule has 0 spiro atoms. The molecule has 1 aromatic carbocycles. The molecule has 0 aliphatic carbocycles. The number of ether oxygens (including phenoxy) is 1. The van der Waals surface area contributed by atoms with E-state index in [1.54, 1.807) is 31.1 Å². The lowest BCUT2D eigenvalue weighted by molar-refractivity contribution is -0.116. The van der Waals surface area contributed by atoms with Gasteiger partial charge in [0.2, 0.25) is 26.0 Å². The Kier molecular flexibility index (Phi) is 6.22. The Bertz CT molecular complexity index is 1130. The number of nitrogens with one attached hydrogen (secondary N) is 1. The molecular formula is C18H23N3O7S2. The van der Waals surface area contributed by atoms with Crippen LogP contribution >= 0.6 is 0 Å². The number of carbonyl (C=O) groups excluding carboxylic acids is 1. The van der Waals surface area contributed by atoms with Gasteiger partial charge in [-0.2, -0.15) is 0 Å². The third kappa shape index (κ3) is 4.36. The van der Waals surface area contributed by atoms with Gasteiger partial charge in [0.25, 0.3) is 0 Å². The normalized spacial score (nSPS) is 17.5. The second kappa shape index (κ2) is 8.38. The number of likely N-dealkylation sites (N-methyl/N-ethyl adjacent to an activating group) is 1. The highest BCUT2D eigenvalue weighted by Crippen LogP contribution is 2.32. The smallest absolute Gasteiger partial charge is 0.244 e. The van der Waals surface area contributed by atoms with E-state index in [1.165, 1.54) is 25.5 Å². The third-order valence-corrected chi connectivity index (χ3v) is 7.85. The van der Waals surface area contributed by atoms with Gasteiger partial charge in [-0.25, -0.2) is 25.9 Å². The number of methoxy groups -OCH3 is 1. The van der Waals surface area contributed by atoms with Crippen molar-refractivity contribution in [3.63, 3.8) is 0 Å². The van der Waals surface area contributed by atoms with E-state index in [0.717, 1.165) is 6.07 Å². The molecule has 2 heterocycles. The second-order valence-corrected chi connectivity index (χ2v) is 10.6. The zero-order valence-corrected chi connectivity index (χ0v) is 18.4. The Morgan fingerprint density at radius 2 is 2.03 bits per heavy atom. The zero-order valence-electron chi connectivity index (χ0n) is 16.7. The molecule has 164 valence electrons. The zero-order chi connectivity index (χ0) is 22.1. The molecule has 0 radical (unpaired) electrons. The van der Waals surface area contributed by atoms with Gasteiger partial charge in [0.15, 0.2) is 0 Å². The topological polar surface area (TPSA) is 126 Å². The first-order valence-corrected chi connectivity index (χ1v) is 12.1. The fourth-order valence-corrected chi connectivity index (χ4v) is 5.83. The van der Waals surface area contributed by atoms with Gasteiger partial charge in [0.05, 0.1) is 30.9 Å². The molecular weight excluding hydrogens is 434 g/mol. The maximum Gasteiger partial charge on any atom is 0.244 e. The van der Waals surface area contributed by atoms with Crippen molar-refractivity contribution >= 4 is 31.6 Å². The Labute approximate surface area is 175 Å². The molecule has 1 aliphatic heterocycles. The number of amides is 1. The van der Waals surface area contributed by atoms with Crippen LogP contribution in [-0.2, 0) is 24.8 Å². The van der Waals surface area contributed by atoms with Gasteiger partial charge in [0, 0.05) is 13.0 Å². The molecule has 0 bridgehead atoms. The number of anilines is 1. The van der Waals surface area contributed by atoms with Crippen LogP contribution in [0, 0.1) is 0 Å². The van der Waals surface area contributed by atoms with Crippen LogP contribution in [0.3, 0.4) is 0 Å². The number of carbonyl (C=O) groups is 1. The molecule has 30 heavy (non-hydrogen) atoms. The summed E-state index contributed by atoms with van der Waals surface area (Å²) in [4.78, 5) is 13.6. The molecule has 3 rings (SSSR count). The maximum atomic E-state index is 13.0. The van der Waals surface area contributed by atoms with Crippen LogP contribution in [-0.4, -0.2) is 61.1 Å². The number of rotatable bonds is 8. The van der Waals surface area contributed by atoms with E-state index in [2.05, 4.69) is 4.72 Å². The summed E-state index contributed by atoms with van der Waals surface area (Å²) >= 11 is 0. The highest BCUT2D eigenvalue weighted by Gasteiger charge is 2.37. The summed E-state index contributed by atoms with van der Waals surface area (Å²) in [7, 11) is -3.06. The summed E-state index contributed by atoms with van der Waals surface area (Å²) in [5, 5.41) is 0. The van der Waals surface area contributed by atoms with E-state index >= 15 is 0 Å². The minimum Gasteiger partial charge on any atom is -0.495 e. The van der Waals surface area contributed by atoms with Gasteiger partial charge in [-0.3, -0.25) is 9.69 Å². The highest BCUT2D eigenvalue weighted by molar-refractivity contribution is 7.94. The predicted molar refractivity (Wildman–Crippen MR) is 109 cm³/mol. The van der Waals surface area contributed by atoms with E-state index in [-0.39, 0.29) is 41.1 Å². The molecule has 1 N–H and O–H groups in total. The van der Waals surface area contributed by atoms with Crippen molar-refractivity contribution in [2.24, 2.45) is 0 Å². The van der Waals surface area contributed by atoms with E-state index in [0.29, 0.717) is 10.1 Å². The molecule has 0 saturated carbocycles. The fourth-order valence-electron chi connectivity index (χ4n) is 3.16. The van der Waals surface area contributed by atoms with Crippen LogP contribution in [0.1, 0.15) is 18.2 Å².